The van der Waals surface area contributed by atoms with Crippen LogP contribution in [0.15, 0.2) is 29.3 Å². The monoisotopic (exact) mass is 502 g/mol. The fraction of sp³-hybridized carbons (Fsp3) is 0.700. The molecule has 3 fully saturated rings. The van der Waals surface area contributed by atoms with Gasteiger partial charge in [-0.3, -0.25) is 9.69 Å². The molecule has 0 atom stereocenters. The quantitative estimate of drug-likeness (QED) is 0.356. The number of hydrogen-bond acceptors (Lipinski definition) is 4. The van der Waals surface area contributed by atoms with Crippen LogP contribution in [0.2, 0.25) is 0 Å². The first-order chi connectivity index (χ1) is 17.6. The molecule has 6 nitrogen and oxygen atoms in total. The van der Waals surface area contributed by atoms with E-state index >= 15 is 0 Å². The van der Waals surface area contributed by atoms with Crippen molar-refractivity contribution in [3.63, 3.8) is 0 Å². The predicted molar refractivity (Wildman–Crippen MR) is 155 cm³/mol. The first-order valence-corrected chi connectivity index (χ1v) is 14.2. The van der Waals surface area contributed by atoms with Crippen LogP contribution in [0.4, 0.5) is 5.69 Å². The minimum absolute atomic E-state index is 0.282. The minimum Gasteiger partial charge on any atom is -0.357 e. The van der Waals surface area contributed by atoms with E-state index in [1.54, 1.807) is 0 Å². The van der Waals surface area contributed by atoms with Crippen molar-refractivity contribution in [1.82, 2.24) is 14.7 Å². The third-order valence-corrected chi connectivity index (χ3v) is 6.85. The van der Waals surface area contributed by atoms with Gasteiger partial charge in [-0.2, -0.15) is 0 Å². The molecule has 0 bridgehead atoms. The predicted octanol–water partition coefficient (Wildman–Crippen LogP) is 6.35. The van der Waals surface area contributed by atoms with Crippen LogP contribution in [0.25, 0.3) is 0 Å². The molecule has 2 saturated heterocycles. The van der Waals surface area contributed by atoms with Crippen LogP contribution in [0.5, 0.6) is 0 Å². The van der Waals surface area contributed by atoms with Crippen LogP contribution in [0.1, 0.15) is 85.6 Å². The molecular formula is C30H54N4O2. The van der Waals surface area contributed by atoms with Crippen molar-refractivity contribution < 1.29 is 9.59 Å². The molecule has 6 heteroatoms. The molecule has 0 radical (unpaired) electrons. The first-order valence-electron chi connectivity index (χ1n) is 14.2. The molecule has 0 aromatic heterocycles. The number of nitrogens with zero attached hydrogens (tertiary/aromatic N) is 4. The van der Waals surface area contributed by atoms with E-state index < -0.39 is 0 Å². The van der Waals surface area contributed by atoms with E-state index in [2.05, 4.69) is 42.7 Å². The van der Waals surface area contributed by atoms with Crippen LogP contribution in [-0.4, -0.2) is 79.0 Å². The Balaban J connectivity index is 0.000000859. The number of benzene rings is 1. The number of carbonyl (C=O) groups excluding carboxylic acids is 2. The lowest BCUT2D eigenvalue weighted by molar-refractivity contribution is -0.133. The Morgan fingerprint density at radius 2 is 1.42 bits per heavy atom. The second-order valence-electron chi connectivity index (χ2n) is 9.00. The second kappa shape index (κ2) is 20.9. The van der Waals surface area contributed by atoms with Gasteiger partial charge in [0.1, 0.15) is 12.6 Å². The van der Waals surface area contributed by atoms with Crippen molar-refractivity contribution in [2.75, 3.05) is 45.8 Å². The lowest BCUT2D eigenvalue weighted by Gasteiger charge is -2.36. The Kier molecular flexibility index (Phi) is 19.6. The average Bonchev–Trinajstić information content (AvgIpc) is 3.42. The highest BCUT2D eigenvalue weighted by atomic mass is 16.2. The zero-order valence-electron chi connectivity index (χ0n) is 24.4. The van der Waals surface area contributed by atoms with E-state index in [-0.39, 0.29) is 5.91 Å². The molecule has 3 aliphatic rings. The molecule has 2 heterocycles. The van der Waals surface area contributed by atoms with Gasteiger partial charge in [-0.1, -0.05) is 78.5 Å². The van der Waals surface area contributed by atoms with Crippen molar-refractivity contribution >= 4 is 24.2 Å². The SMILES string of the molecule is C=O.CC.CC.CC(=Nc1ccccc1C)N1CCN(C(=O)CN2CCCC2)CC1.CCC1CCC1. The summed E-state index contributed by atoms with van der Waals surface area (Å²) in [6.45, 7) is 22.5. The van der Waals surface area contributed by atoms with E-state index in [9.17, 15) is 4.79 Å². The molecule has 0 spiro atoms. The van der Waals surface area contributed by atoms with Crippen LogP contribution in [-0.2, 0) is 9.59 Å². The van der Waals surface area contributed by atoms with Crippen molar-refractivity contribution in [1.29, 1.82) is 0 Å². The molecule has 1 saturated carbocycles. The highest BCUT2D eigenvalue weighted by Gasteiger charge is 2.24. The van der Waals surface area contributed by atoms with Crippen LogP contribution in [0.3, 0.4) is 0 Å². The summed E-state index contributed by atoms with van der Waals surface area (Å²) in [5.74, 6) is 2.44. The molecule has 1 aromatic rings. The van der Waals surface area contributed by atoms with Gasteiger partial charge >= 0.3 is 0 Å². The maximum atomic E-state index is 12.4. The average molecular weight is 503 g/mol. The van der Waals surface area contributed by atoms with Gasteiger partial charge in [0, 0.05) is 26.2 Å². The Morgan fingerprint density at radius 1 is 0.889 bits per heavy atom. The van der Waals surface area contributed by atoms with Gasteiger partial charge in [-0.05, 0) is 57.3 Å². The second-order valence-corrected chi connectivity index (χ2v) is 9.00. The van der Waals surface area contributed by atoms with Crippen LogP contribution < -0.4 is 0 Å². The standard InChI is InChI=1S/C19H28N4O.C6H12.2C2H6.CH2O/c1-16-7-3-4-8-18(16)20-17(2)22-11-13-23(14-12-22)19(24)15-21-9-5-6-10-21;1-2-6-4-3-5-6;3*1-2/h3-4,7-8H,5-6,9-15H2,1-2H3;6H,2-5H2,1H3;2*1-2H3;1H2. The molecular weight excluding hydrogens is 448 g/mol. The summed E-state index contributed by atoms with van der Waals surface area (Å²) < 4.78 is 0. The molecule has 2 aliphatic heterocycles. The largest absolute Gasteiger partial charge is 0.357 e. The summed E-state index contributed by atoms with van der Waals surface area (Å²) in [6.07, 6.45) is 8.40. The number of rotatable bonds is 4. The van der Waals surface area contributed by atoms with Crippen molar-refractivity contribution in [3.8, 4) is 0 Å². The molecule has 0 unspecified atom stereocenters. The molecule has 0 N–H and O–H groups in total. The number of aryl methyl sites for hydroxylation is 1. The number of amidine groups is 1. The fourth-order valence-corrected chi connectivity index (χ4v) is 4.35. The maximum Gasteiger partial charge on any atom is 0.236 e. The smallest absolute Gasteiger partial charge is 0.236 e. The number of likely N-dealkylation sites (tertiary alicyclic amines) is 1. The van der Waals surface area contributed by atoms with Crippen molar-refractivity contribution in [2.24, 2.45) is 10.9 Å². The molecule has 1 aromatic carbocycles. The van der Waals surface area contributed by atoms with Gasteiger partial charge in [-0.15, -0.1) is 0 Å². The zero-order chi connectivity index (χ0) is 27.3. The number of amides is 1. The third kappa shape index (κ3) is 12.2. The Labute approximate surface area is 222 Å². The van der Waals surface area contributed by atoms with Crippen molar-refractivity contribution in [3.05, 3.63) is 29.8 Å². The summed E-state index contributed by atoms with van der Waals surface area (Å²) >= 11 is 0. The molecule has 206 valence electrons. The molecule has 1 amide bonds. The zero-order valence-corrected chi connectivity index (χ0v) is 24.4. The minimum atomic E-state index is 0.282. The van der Waals surface area contributed by atoms with Crippen molar-refractivity contribution in [2.45, 2.75) is 87.0 Å². The number of piperazine rings is 1. The number of aliphatic imine (C=N–C) groups is 1. The Hall–Kier alpha value is -2.21. The Bertz CT molecular complexity index is 717. The third-order valence-electron chi connectivity index (χ3n) is 6.85. The van der Waals surface area contributed by atoms with E-state index in [1.165, 1.54) is 44.1 Å². The van der Waals surface area contributed by atoms with Gasteiger partial charge in [0.05, 0.1) is 12.2 Å². The summed E-state index contributed by atoms with van der Waals surface area (Å²) in [6, 6.07) is 8.19. The van der Waals surface area contributed by atoms with Gasteiger partial charge in [0.25, 0.3) is 0 Å². The molecule has 36 heavy (non-hydrogen) atoms. The van der Waals surface area contributed by atoms with Gasteiger partial charge in [0.2, 0.25) is 5.91 Å². The topological polar surface area (TPSA) is 56.2 Å². The van der Waals surface area contributed by atoms with E-state index in [4.69, 9.17) is 9.79 Å². The lowest BCUT2D eigenvalue weighted by atomic mass is 9.84. The van der Waals surface area contributed by atoms with Crippen LogP contribution in [0, 0.1) is 12.8 Å². The number of hydrogen-bond donors (Lipinski definition) is 0. The fourth-order valence-electron chi connectivity index (χ4n) is 4.35. The number of carbonyl (C=O) groups is 2. The lowest BCUT2D eigenvalue weighted by Crippen LogP contribution is -2.52. The van der Waals surface area contributed by atoms with Gasteiger partial charge in [-0.25, -0.2) is 4.99 Å². The summed E-state index contributed by atoms with van der Waals surface area (Å²) in [5.41, 5.74) is 2.22. The highest BCUT2D eigenvalue weighted by molar-refractivity contribution is 5.83. The van der Waals surface area contributed by atoms with Gasteiger partial charge < -0.3 is 14.6 Å². The van der Waals surface area contributed by atoms with E-state index in [0.29, 0.717) is 6.54 Å². The van der Waals surface area contributed by atoms with E-state index in [1.807, 2.05) is 51.5 Å². The first kappa shape index (κ1) is 33.8. The van der Waals surface area contributed by atoms with Crippen LogP contribution >= 0.6 is 0 Å². The summed E-state index contributed by atoms with van der Waals surface area (Å²) in [4.78, 5) is 31.7. The number of para-hydroxylation sites is 1. The van der Waals surface area contributed by atoms with Gasteiger partial charge in [0.15, 0.2) is 0 Å². The van der Waals surface area contributed by atoms with E-state index in [0.717, 1.165) is 56.7 Å². The highest BCUT2D eigenvalue weighted by Crippen LogP contribution is 2.28. The summed E-state index contributed by atoms with van der Waals surface area (Å²) in [7, 11) is 0. The normalized spacial score (nSPS) is 17.6. The molecule has 4 rings (SSSR count). The maximum absolute atomic E-state index is 12.4. The Morgan fingerprint density at radius 3 is 1.86 bits per heavy atom. The summed E-state index contributed by atoms with van der Waals surface area (Å²) in [5, 5.41) is 0. The molecule has 1 aliphatic carbocycles.